The van der Waals surface area contributed by atoms with Crippen LogP contribution in [-0.4, -0.2) is 21.9 Å². The van der Waals surface area contributed by atoms with Gasteiger partial charge in [-0.05, 0) is 41.9 Å². The molecule has 0 radical (unpaired) electrons. The van der Waals surface area contributed by atoms with Crippen molar-refractivity contribution >= 4 is 22.5 Å². The Morgan fingerprint density at radius 1 is 0.929 bits per heavy atom. The highest BCUT2D eigenvalue weighted by Gasteiger charge is 2.08. The molecule has 0 aliphatic carbocycles. The first-order chi connectivity index (χ1) is 13.6. The molecule has 1 heterocycles. The zero-order valence-electron chi connectivity index (χ0n) is 15.5. The average Bonchev–Trinajstić information content (AvgIpc) is 2.70. The fourth-order valence-electron chi connectivity index (χ4n) is 3.29. The van der Waals surface area contributed by atoms with Gasteiger partial charge in [-0.25, -0.2) is 4.98 Å². The van der Waals surface area contributed by atoms with E-state index in [1.807, 2.05) is 25.2 Å². The van der Waals surface area contributed by atoms with Crippen molar-refractivity contribution in [2.75, 3.05) is 7.05 Å². The molecule has 0 aliphatic heterocycles. The lowest BCUT2D eigenvalue weighted by Crippen LogP contribution is -2.21. The lowest BCUT2D eigenvalue weighted by Gasteiger charge is -2.16. The van der Waals surface area contributed by atoms with Gasteiger partial charge in [0, 0.05) is 11.6 Å². The van der Waals surface area contributed by atoms with Crippen molar-refractivity contribution in [2.45, 2.75) is 13.1 Å². The van der Waals surface area contributed by atoms with E-state index in [-0.39, 0.29) is 5.56 Å². The SMILES string of the molecule is CN(Cc1ccc(-c2ccccc2)cc1)Cc1nc2ccc(Cl)cc2c(=O)[nH]1. The molecule has 0 aliphatic rings. The van der Waals surface area contributed by atoms with Crippen molar-refractivity contribution in [2.24, 2.45) is 0 Å². The van der Waals surface area contributed by atoms with Gasteiger partial charge < -0.3 is 4.98 Å². The highest BCUT2D eigenvalue weighted by Crippen LogP contribution is 2.20. The van der Waals surface area contributed by atoms with Gasteiger partial charge in [0.15, 0.2) is 0 Å². The van der Waals surface area contributed by atoms with E-state index < -0.39 is 0 Å². The molecule has 1 N–H and O–H groups in total. The van der Waals surface area contributed by atoms with E-state index in [0.717, 1.165) is 6.54 Å². The Balaban J connectivity index is 1.47. The van der Waals surface area contributed by atoms with Crippen LogP contribution in [0.2, 0.25) is 5.02 Å². The lowest BCUT2D eigenvalue weighted by atomic mass is 10.0. The number of halogens is 1. The Hall–Kier alpha value is -2.95. The summed E-state index contributed by atoms with van der Waals surface area (Å²) in [5.41, 5.74) is 4.11. The summed E-state index contributed by atoms with van der Waals surface area (Å²) in [5.74, 6) is 0.642. The van der Waals surface area contributed by atoms with Crippen LogP contribution in [0.3, 0.4) is 0 Å². The number of hydrogen-bond donors (Lipinski definition) is 1. The van der Waals surface area contributed by atoms with Crippen molar-refractivity contribution < 1.29 is 0 Å². The van der Waals surface area contributed by atoms with Crippen molar-refractivity contribution in [1.82, 2.24) is 14.9 Å². The smallest absolute Gasteiger partial charge is 0.258 e. The molecule has 0 bridgehead atoms. The first-order valence-corrected chi connectivity index (χ1v) is 9.48. The molecule has 0 atom stereocenters. The van der Waals surface area contributed by atoms with Crippen molar-refractivity contribution in [1.29, 1.82) is 0 Å². The van der Waals surface area contributed by atoms with Gasteiger partial charge in [0.2, 0.25) is 0 Å². The van der Waals surface area contributed by atoms with Gasteiger partial charge in [0.25, 0.3) is 5.56 Å². The largest absolute Gasteiger partial charge is 0.309 e. The van der Waals surface area contributed by atoms with Crippen molar-refractivity contribution in [3.63, 3.8) is 0 Å². The van der Waals surface area contributed by atoms with Crippen molar-refractivity contribution in [3.05, 3.63) is 99.6 Å². The fourth-order valence-corrected chi connectivity index (χ4v) is 3.46. The molecule has 0 amide bonds. The predicted octanol–water partition coefficient (Wildman–Crippen LogP) is 4.88. The number of rotatable bonds is 5. The van der Waals surface area contributed by atoms with E-state index in [0.29, 0.717) is 28.3 Å². The normalized spacial score (nSPS) is 11.2. The molecule has 0 saturated carbocycles. The van der Waals surface area contributed by atoms with Gasteiger partial charge in [0.1, 0.15) is 5.82 Å². The van der Waals surface area contributed by atoms with E-state index in [4.69, 9.17) is 11.6 Å². The highest BCUT2D eigenvalue weighted by atomic mass is 35.5. The summed E-state index contributed by atoms with van der Waals surface area (Å²) in [4.78, 5) is 21.8. The van der Waals surface area contributed by atoms with E-state index in [1.54, 1.807) is 18.2 Å². The van der Waals surface area contributed by atoms with Crippen LogP contribution >= 0.6 is 11.6 Å². The van der Waals surface area contributed by atoms with Crippen LogP contribution in [0, 0.1) is 0 Å². The van der Waals surface area contributed by atoms with Crippen LogP contribution in [0.15, 0.2) is 77.6 Å². The third-order valence-corrected chi connectivity index (χ3v) is 4.88. The lowest BCUT2D eigenvalue weighted by molar-refractivity contribution is 0.311. The van der Waals surface area contributed by atoms with Gasteiger partial charge in [0.05, 0.1) is 17.4 Å². The van der Waals surface area contributed by atoms with Crippen LogP contribution in [0.25, 0.3) is 22.0 Å². The Kier molecular flexibility index (Phi) is 5.24. The molecule has 0 unspecified atom stereocenters. The number of benzene rings is 3. The molecule has 1 aromatic heterocycles. The van der Waals surface area contributed by atoms with Crippen LogP contribution in [-0.2, 0) is 13.1 Å². The van der Waals surface area contributed by atoms with Crippen LogP contribution < -0.4 is 5.56 Å². The van der Waals surface area contributed by atoms with Gasteiger partial charge in [-0.2, -0.15) is 0 Å². The van der Waals surface area contributed by atoms with Crippen molar-refractivity contribution in [3.8, 4) is 11.1 Å². The summed E-state index contributed by atoms with van der Waals surface area (Å²) in [5, 5.41) is 1.04. The summed E-state index contributed by atoms with van der Waals surface area (Å²) in [6, 6.07) is 24.0. The van der Waals surface area contributed by atoms with E-state index >= 15 is 0 Å². The number of H-pyrrole nitrogens is 1. The zero-order valence-corrected chi connectivity index (χ0v) is 16.3. The predicted molar refractivity (Wildman–Crippen MR) is 114 cm³/mol. The number of aromatic amines is 1. The molecule has 4 rings (SSSR count). The Morgan fingerprint density at radius 3 is 2.39 bits per heavy atom. The summed E-state index contributed by atoms with van der Waals surface area (Å²) < 4.78 is 0. The number of nitrogens with one attached hydrogen (secondary N) is 1. The summed E-state index contributed by atoms with van der Waals surface area (Å²) in [7, 11) is 2.01. The molecule has 140 valence electrons. The average molecular weight is 390 g/mol. The molecule has 4 aromatic rings. The Bertz CT molecular complexity index is 1150. The quantitative estimate of drug-likeness (QED) is 0.529. The first kappa shape index (κ1) is 18.4. The highest BCUT2D eigenvalue weighted by molar-refractivity contribution is 6.31. The molecule has 0 fully saturated rings. The number of nitrogens with zero attached hydrogens (tertiary/aromatic N) is 2. The molecule has 3 aromatic carbocycles. The van der Waals surface area contributed by atoms with Crippen LogP contribution in [0.1, 0.15) is 11.4 Å². The van der Waals surface area contributed by atoms with Gasteiger partial charge in [-0.3, -0.25) is 9.69 Å². The van der Waals surface area contributed by atoms with Crippen LogP contribution in [0.4, 0.5) is 0 Å². The van der Waals surface area contributed by atoms with Crippen LogP contribution in [0.5, 0.6) is 0 Å². The minimum absolute atomic E-state index is 0.164. The molecular weight excluding hydrogens is 370 g/mol. The maximum absolute atomic E-state index is 12.3. The van der Waals surface area contributed by atoms with E-state index in [1.165, 1.54) is 16.7 Å². The Labute approximate surface area is 168 Å². The molecule has 4 nitrogen and oxygen atoms in total. The molecule has 0 spiro atoms. The second-order valence-electron chi connectivity index (χ2n) is 6.91. The summed E-state index contributed by atoms with van der Waals surface area (Å²) in [6.45, 7) is 1.31. The number of fused-ring (bicyclic) bond motifs is 1. The maximum Gasteiger partial charge on any atom is 0.258 e. The summed E-state index contributed by atoms with van der Waals surface area (Å²) >= 11 is 5.97. The van der Waals surface area contributed by atoms with Gasteiger partial charge >= 0.3 is 0 Å². The minimum atomic E-state index is -0.164. The maximum atomic E-state index is 12.3. The van der Waals surface area contributed by atoms with Gasteiger partial charge in [-0.15, -0.1) is 0 Å². The zero-order chi connectivity index (χ0) is 19.5. The second-order valence-corrected chi connectivity index (χ2v) is 7.35. The number of hydrogen-bond acceptors (Lipinski definition) is 3. The molecule has 0 saturated heterocycles. The monoisotopic (exact) mass is 389 g/mol. The van der Waals surface area contributed by atoms with E-state index in [9.17, 15) is 4.79 Å². The topological polar surface area (TPSA) is 49.0 Å². The molecule has 5 heteroatoms. The standard InChI is InChI=1S/C23H20ClN3O/c1-27(14-16-7-9-18(10-8-16)17-5-3-2-4-6-17)15-22-25-21-12-11-19(24)13-20(21)23(28)26-22/h2-13H,14-15H2,1H3,(H,25,26,28). The van der Waals surface area contributed by atoms with Gasteiger partial charge in [-0.1, -0.05) is 66.2 Å². The molecule has 28 heavy (non-hydrogen) atoms. The Morgan fingerprint density at radius 2 is 1.64 bits per heavy atom. The van der Waals surface area contributed by atoms with E-state index in [2.05, 4.69) is 51.3 Å². The first-order valence-electron chi connectivity index (χ1n) is 9.10. The number of aromatic nitrogens is 2. The molecular formula is C23H20ClN3O. The fraction of sp³-hybridized carbons (Fsp3) is 0.130. The second kappa shape index (κ2) is 7.97. The minimum Gasteiger partial charge on any atom is -0.309 e. The third-order valence-electron chi connectivity index (χ3n) is 4.65. The summed E-state index contributed by atoms with van der Waals surface area (Å²) in [6.07, 6.45) is 0. The third kappa shape index (κ3) is 4.14.